The molecule has 1 amide bonds. The second kappa shape index (κ2) is 6.73. The number of nitrogens with two attached hydrogens (primary N) is 1. The lowest BCUT2D eigenvalue weighted by molar-refractivity contribution is -0.133. The first-order valence-corrected chi connectivity index (χ1v) is 6.97. The number of rotatable bonds is 5. The Bertz CT molecular complexity index is 383. The Labute approximate surface area is 114 Å². The summed E-state index contributed by atoms with van der Waals surface area (Å²) in [5.41, 5.74) is 5.83. The largest absolute Gasteiger partial charge is 0.468 e. The first kappa shape index (κ1) is 14.1. The zero-order chi connectivity index (χ0) is 13.7. The molecular formula is C14H23N3O2. The van der Waals surface area contributed by atoms with Gasteiger partial charge in [-0.1, -0.05) is 6.92 Å². The Kier molecular flexibility index (Phi) is 4.99. The van der Waals surface area contributed by atoms with E-state index in [2.05, 4.69) is 4.90 Å². The van der Waals surface area contributed by atoms with E-state index in [4.69, 9.17) is 10.2 Å². The third-order valence-corrected chi connectivity index (χ3v) is 3.65. The van der Waals surface area contributed by atoms with Gasteiger partial charge in [0.05, 0.1) is 12.8 Å². The van der Waals surface area contributed by atoms with Crippen LogP contribution >= 0.6 is 0 Å². The van der Waals surface area contributed by atoms with Crippen molar-refractivity contribution in [1.29, 1.82) is 0 Å². The molecule has 1 aromatic heterocycles. The summed E-state index contributed by atoms with van der Waals surface area (Å²) in [6.07, 6.45) is 3.01. The van der Waals surface area contributed by atoms with Crippen LogP contribution in [0.2, 0.25) is 0 Å². The molecule has 1 aliphatic rings. The molecule has 1 saturated heterocycles. The van der Waals surface area contributed by atoms with Crippen molar-refractivity contribution in [2.75, 3.05) is 26.2 Å². The molecule has 1 atom stereocenters. The number of hydrogen-bond acceptors (Lipinski definition) is 4. The highest BCUT2D eigenvalue weighted by atomic mass is 16.3. The van der Waals surface area contributed by atoms with Gasteiger partial charge in [0, 0.05) is 38.6 Å². The fraction of sp³-hybridized carbons (Fsp3) is 0.643. The number of carbonyl (C=O) groups excluding carboxylic acids is 1. The minimum absolute atomic E-state index is 0.00588. The van der Waals surface area contributed by atoms with Crippen LogP contribution in [0.25, 0.3) is 0 Å². The number of nitrogens with zero attached hydrogens (tertiary/aromatic N) is 2. The molecule has 5 nitrogen and oxygen atoms in total. The van der Waals surface area contributed by atoms with Crippen molar-refractivity contribution in [3.63, 3.8) is 0 Å². The third-order valence-electron chi connectivity index (χ3n) is 3.65. The van der Waals surface area contributed by atoms with Gasteiger partial charge in [0.2, 0.25) is 5.91 Å². The first-order chi connectivity index (χ1) is 9.19. The Balaban J connectivity index is 1.74. The zero-order valence-corrected chi connectivity index (χ0v) is 11.5. The summed E-state index contributed by atoms with van der Waals surface area (Å²) in [7, 11) is 0. The van der Waals surface area contributed by atoms with Crippen LogP contribution in [0.3, 0.4) is 0 Å². The normalized spacial score (nSPS) is 18.5. The molecule has 0 saturated carbocycles. The number of hydrogen-bond donors (Lipinski definition) is 1. The first-order valence-electron chi connectivity index (χ1n) is 6.97. The van der Waals surface area contributed by atoms with Gasteiger partial charge < -0.3 is 15.1 Å². The Hall–Kier alpha value is -1.33. The maximum absolute atomic E-state index is 12.0. The van der Waals surface area contributed by atoms with Crippen LogP contribution in [0, 0.1) is 0 Å². The molecule has 2 N–H and O–H groups in total. The summed E-state index contributed by atoms with van der Waals surface area (Å²) < 4.78 is 5.34. The number of carbonyl (C=O) groups is 1. The SMILES string of the molecule is CCC(N)CC(=O)N1CCN(Cc2ccco2)CC1. The van der Waals surface area contributed by atoms with Gasteiger partial charge in [-0.25, -0.2) is 0 Å². The van der Waals surface area contributed by atoms with Crippen molar-refractivity contribution >= 4 is 5.91 Å². The molecule has 0 bridgehead atoms. The minimum Gasteiger partial charge on any atom is -0.468 e. The maximum Gasteiger partial charge on any atom is 0.224 e. The van der Waals surface area contributed by atoms with E-state index in [1.807, 2.05) is 24.0 Å². The van der Waals surface area contributed by atoms with Gasteiger partial charge in [-0.15, -0.1) is 0 Å². The van der Waals surface area contributed by atoms with E-state index in [1.54, 1.807) is 6.26 Å². The molecule has 1 unspecified atom stereocenters. The standard InChI is InChI=1S/C14H23N3O2/c1-2-12(15)10-14(18)17-7-5-16(6-8-17)11-13-4-3-9-19-13/h3-4,9,12H,2,5-8,10-11,15H2,1H3. The Morgan fingerprint density at radius 1 is 1.42 bits per heavy atom. The van der Waals surface area contributed by atoms with Crippen molar-refractivity contribution in [2.45, 2.75) is 32.4 Å². The highest BCUT2D eigenvalue weighted by Crippen LogP contribution is 2.10. The van der Waals surface area contributed by atoms with Gasteiger partial charge in [-0.2, -0.15) is 0 Å². The third kappa shape index (κ3) is 4.08. The molecule has 2 heterocycles. The zero-order valence-electron chi connectivity index (χ0n) is 11.5. The van der Waals surface area contributed by atoms with Gasteiger partial charge in [0.1, 0.15) is 5.76 Å². The van der Waals surface area contributed by atoms with Crippen LogP contribution in [0.1, 0.15) is 25.5 Å². The fourth-order valence-electron chi connectivity index (χ4n) is 2.28. The molecule has 0 radical (unpaired) electrons. The summed E-state index contributed by atoms with van der Waals surface area (Å²) in [6.45, 7) is 6.20. The van der Waals surface area contributed by atoms with Crippen molar-refractivity contribution in [3.05, 3.63) is 24.2 Å². The van der Waals surface area contributed by atoms with Crippen LogP contribution < -0.4 is 5.73 Å². The summed E-state index contributed by atoms with van der Waals surface area (Å²) in [6, 6.07) is 3.88. The second-order valence-electron chi connectivity index (χ2n) is 5.11. The van der Waals surface area contributed by atoms with Crippen LogP contribution in [0.15, 0.2) is 22.8 Å². The van der Waals surface area contributed by atoms with Crippen molar-refractivity contribution in [1.82, 2.24) is 9.80 Å². The molecular weight excluding hydrogens is 242 g/mol. The average molecular weight is 265 g/mol. The molecule has 1 fully saturated rings. The topological polar surface area (TPSA) is 62.7 Å². The molecule has 0 aliphatic carbocycles. The predicted octanol–water partition coefficient (Wildman–Crippen LogP) is 1.05. The van der Waals surface area contributed by atoms with Gasteiger partial charge in [0.25, 0.3) is 0 Å². The van der Waals surface area contributed by atoms with Crippen molar-refractivity contribution in [3.8, 4) is 0 Å². The van der Waals surface area contributed by atoms with Crippen molar-refractivity contribution < 1.29 is 9.21 Å². The molecule has 2 rings (SSSR count). The Morgan fingerprint density at radius 3 is 2.74 bits per heavy atom. The number of piperazine rings is 1. The summed E-state index contributed by atoms with van der Waals surface area (Å²) >= 11 is 0. The summed E-state index contributed by atoms with van der Waals surface area (Å²) in [4.78, 5) is 16.2. The lowest BCUT2D eigenvalue weighted by Gasteiger charge is -2.34. The van der Waals surface area contributed by atoms with E-state index in [1.165, 1.54) is 0 Å². The lowest BCUT2D eigenvalue weighted by atomic mass is 10.1. The molecule has 0 spiro atoms. The van der Waals surface area contributed by atoms with E-state index in [0.29, 0.717) is 6.42 Å². The van der Waals surface area contributed by atoms with E-state index < -0.39 is 0 Å². The number of amides is 1. The predicted molar refractivity (Wildman–Crippen MR) is 73.4 cm³/mol. The monoisotopic (exact) mass is 265 g/mol. The summed E-state index contributed by atoms with van der Waals surface area (Å²) in [5, 5.41) is 0. The van der Waals surface area contributed by atoms with E-state index in [-0.39, 0.29) is 11.9 Å². The van der Waals surface area contributed by atoms with Crippen LogP contribution in [-0.4, -0.2) is 47.9 Å². The van der Waals surface area contributed by atoms with E-state index >= 15 is 0 Å². The minimum atomic E-state index is -0.00588. The lowest BCUT2D eigenvalue weighted by Crippen LogP contribution is -2.49. The summed E-state index contributed by atoms with van der Waals surface area (Å²) in [5.74, 6) is 1.17. The maximum atomic E-state index is 12.0. The number of furan rings is 1. The smallest absolute Gasteiger partial charge is 0.224 e. The Morgan fingerprint density at radius 2 is 2.16 bits per heavy atom. The van der Waals surface area contributed by atoms with Crippen LogP contribution in [0.5, 0.6) is 0 Å². The van der Waals surface area contributed by atoms with Gasteiger partial charge >= 0.3 is 0 Å². The average Bonchev–Trinajstić information content (AvgIpc) is 2.92. The molecule has 0 aromatic carbocycles. The fourth-order valence-corrected chi connectivity index (χ4v) is 2.28. The van der Waals surface area contributed by atoms with Crippen LogP contribution in [0.4, 0.5) is 0 Å². The van der Waals surface area contributed by atoms with Gasteiger partial charge in [-0.3, -0.25) is 9.69 Å². The molecule has 1 aromatic rings. The van der Waals surface area contributed by atoms with Crippen LogP contribution in [-0.2, 0) is 11.3 Å². The van der Waals surface area contributed by atoms with Gasteiger partial charge in [-0.05, 0) is 18.6 Å². The molecule has 19 heavy (non-hydrogen) atoms. The highest BCUT2D eigenvalue weighted by molar-refractivity contribution is 5.76. The molecule has 5 heteroatoms. The highest BCUT2D eigenvalue weighted by Gasteiger charge is 2.22. The van der Waals surface area contributed by atoms with E-state index in [9.17, 15) is 4.79 Å². The molecule has 1 aliphatic heterocycles. The second-order valence-corrected chi connectivity index (χ2v) is 5.11. The van der Waals surface area contributed by atoms with E-state index in [0.717, 1.165) is 44.9 Å². The van der Waals surface area contributed by atoms with Crippen molar-refractivity contribution in [2.24, 2.45) is 5.73 Å². The quantitative estimate of drug-likeness (QED) is 0.864. The van der Waals surface area contributed by atoms with Gasteiger partial charge in [0.15, 0.2) is 0 Å². The molecule has 106 valence electrons.